The summed E-state index contributed by atoms with van der Waals surface area (Å²) in [7, 11) is 0. The number of carbonyl (C=O) groups excluding carboxylic acids is 1. The smallest absolute Gasteiger partial charge is 0.258 e. The molecular formula is C17H10BrN3O2S. The molecule has 1 N–H and O–H groups in total. The van der Waals surface area contributed by atoms with Crippen LogP contribution in [0.25, 0.3) is 16.7 Å². The summed E-state index contributed by atoms with van der Waals surface area (Å²) in [4.78, 5) is 12.8. The van der Waals surface area contributed by atoms with E-state index in [0.717, 1.165) is 26.9 Å². The molecule has 2 aromatic heterocycles. The van der Waals surface area contributed by atoms with Gasteiger partial charge in [-0.15, -0.1) is 0 Å². The van der Waals surface area contributed by atoms with Crippen molar-refractivity contribution in [2.75, 3.05) is 0 Å². The van der Waals surface area contributed by atoms with Crippen LogP contribution in [0.1, 0.15) is 15.6 Å². The largest absolute Gasteiger partial charge is 0.452 e. The topological polar surface area (TPSA) is 71.9 Å². The molecule has 0 amide bonds. The van der Waals surface area contributed by atoms with Crippen LogP contribution in [0, 0.1) is 5.41 Å². The van der Waals surface area contributed by atoms with E-state index in [1.165, 1.54) is 4.68 Å². The van der Waals surface area contributed by atoms with E-state index in [9.17, 15) is 4.79 Å². The highest BCUT2D eigenvalue weighted by Crippen LogP contribution is 2.25. The summed E-state index contributed by atoms with van der Waals surface area (Å²) < 4.78 is 7.98. The van der Waals surface area contributed by atoms with Gasteiger partial charge in [-0.1, -0.05) is 45.5 Å². The zero-order valence-electron chi connectivity index (χ0n) is 12.2. The van der Waals surface area contributed by atoms with Gasteiger partial charge in [0.25, 0.3) is 5.78 Å². The van der Waals surface area contributed by atoms with Crippen LogP contribution in [0.4, 0.5) is 0 Å². The molecule has 0 aliphatic heterocycles. The average Bonchev–Trinajstić information content (AvgIpc) is 3.18. The minimum absolute atomic E-state index is 0.184. The van der Waals surface area contributed by atoms with E-state index in [-0.39, 0.29) is 21.4 Å². The molecule has 2 aromatic carbocycles. The first-order valence-electron chi connectivity index (χ1n) is 7.06. The minimum atomic E-state index is -0.324. The van der Waals surface area contributed by atoms with Crippen LogP contribution < -0.4 is 4.80 Å². The number of para-hydroxylation sites is 1. The average molecular weight is 400 g/mol. The van der Waals surface area contributed by atoms with E-state index in [1.54, 1.807) is 12.1 Å². The highest BCUT2D eigenvalue weighted by Gasteiger charge is 2.20. The molecule has 0 spiro atoms. The standard InChI is InChI=1S/C17H10BrN3O2S/c18-11-6-7-13-10(8-11)9-14(23-13)15(22)16-20-21(17(19)24-16)12-4-2-1-3-5-12/h1-9,19H. The molecule has 2 heterocycles. The molecule has 4 aromatic rings. The second-order valence-electron chi connectivity index (χ2n) is 5.08. The predicted molar refractivity (Wildman–Crippen MR) is 94.6 cm³/mol. The highest BCUT2D eigenvalue weighted by molar-refractivity contribution is 9.10. The Kier molecular flexibility index (Phi) is 3.66. The van der Waals surface area contributed by atoms with E-state index in [2.05, 4.69) is 21.0 Å². The maximum atomic E-state index is 12.6. The molecule has 5 nitrogen and oxygen atoms in total. The zero-order chi connectivity index (χ0) is 16.7. The number of aromatic nitrogens is 2. The number of benzene rings is 2. The van der Waals surface area contributed by atoms with Crippen LogP contribution in [0.5, 0.6) is 0 Å². The van der Waals surface area contributed by atoms with Gasteiger partial charge in [0.05, 0.1) is 5.69 Å². The second kappa shape index (κ2) is 5.85. The van der Waals surface area contributed by atoms with Crippen molar-refractivity contribution in [3.8, 4) is 5.69 Å². The molecule has 4 rings (SSSR count). The summed E-state index contributed by atoms with van der Waals surface area (Å²) in [6, 6.07) is 16.5. The lowest BCUT2D eigenvalue weighted by atomic mass is 10.2. The number of hydrogen-bond acceptors (Lipinski definition) is 5. The van der Waals surface area contributed by atoms with Gasteiger partial charge in [0.2, 0.25) is 4.80 Å². The lowest BCUT2D eigenvalue weighted by Crippen LogP contribution is -2.12. The monoisotopic (exact) mass is 399 g/mol. The molecule has 0 unspecified atom stereocenters. The van der Waals surface area contributed by atoms with Gasteiger partial charge in [-0.25, -0.2) is 4.68 Å². The van der Waals surface area contributed by atoms with Crippen LogP contribution in [-0.2, 0) is 0 Å². The van der Waals surface area contributed by atoms with Crippen molar-refractivity contribution in [3.05, 3.63) is 74.6 Å². The van der Waals surface area contributed by atoms with Crippen LogP contribution in [0.3, 0.4) is 0 Å². The first-order chi connectivity index (χ1) is 11.6. The van der Waals surface area contributed by atoms with E-state index < -0.39 is 0 Å². The van der Waals surface area contributed by atoms with Crippen LogP contribution >= 0.6 is 27.3 Å². The number of carbonyl (C=O) groups is 1. The highest BCUT2D eigenvalue weighted by atomic mass is 79.9. The number of nitrogens with one attached hydrogen (secondary N) is 1. The van der Waals surface area contributed by atoms with Crippen LogP contribution in [0.2, 0.25) is 0 Å². The van der Waals surface area contributed by atoms with Gasteiger partial charge in [0.15, 0.2) is 10.8 Å². The molecule has 0 saturated heterocycles. The SMILES string of the molecule is N=c1sc(C(=O)c2cc3cc(Br)ccc3o2)nn1-c1ccccc1. The fraction of sp³-hybridized carbons (Fsp3) is 0. The Balaban J connectivity index is 1.75. The summed E-state index contributed by atoms with van der Waals surface area (Å²) >= 11 is 4.42. The van der Waals surface area contributed by atoms with Crippen molar-refractivity contribution in [1.82, 2.24) is 9.78 Å². The van der Waals surface area contributed by atoms with E-state index in [0.29, 0.717) is 5.58 Å². The van der Waals surface area contributed by atoms with Crippen molar-refractivity contribution in [3.63, 3.8) is 0 Å². The molecule has 24 heavy (non-hydrogen) atoms. The third kappa shape index (κ3) is 2.61. The van der Waals surface area contributed by atoms with Crippen molar-refractivity contribution in [1.29, 1.82) is 5.41 Å². The Bertz CT molecular complexity index is 1110. The normalized spacial score (nSPS) is 11.0. The molecule has 0 aliphatic carbocycles. The zero-order valence-corrected chi connectivity index (χ0v) is 14.6. The van der Waals surface area contributed by atoms with Gasteiger partial charge < -0.3 is 4.42 Å². The van der Waals surface area contributed by atoms with Crippen molar-refractivity contribution in [2.24, 2.45) is 0 Å². The number of ketones is 1. The second-order valence-corrected chi connectivity index (χ2v) is 6.97. The van der Waals surface area contributed by atoms with Crippen LogP contribution in [0.15, 0.2) is 63.5 Å². The predicted octanol–water partition coefficient (Wildman–Crippen LogP) is 4.15. The summed E-state index contributed by atoms with van der Waals surface area (Å²) in [6.07, 6.45) is 0. The molecule has 0 aliphatic rings. The maximum Gasteiger partial charge on any atom is 0.258 e. The Hall–Kier alpha value is -2.51. The van der Waals surface area contributed by atoms with Crippen molar-refractivity contribution in [2.45, 2.75) is 0 Å². The van der Waals surface area contributed by atoms with Crippen LogP contribution in [-0.4, -0.2) is 15.6 Å². The molecule has 0 saturated carbocycles. The fourth-order valence-electron chi connectivity index (χ4n) is 2.36. The first-order valence-corrected chi connectivity index (χ1v) is 8.67. The van der Waals surface area contributed by atoms with Gasteiger partial charge in [0, 0.05) is 9.86 Å². The Morgan fingerprint density at radius 3 is 2.75 bits per heavy atom. The maximum absolute atomic E-state index is 12.6. The van der Waals surface area contributed by atoms with Crippen molar-refractivity contribution < 1.29 is 9.21 Å². The van der Waals surface area contributed by atoms with Gasteiger partial charge >= 0.3 is 0 Å². The van der Waals surface area contributed by atoms with Gasteiger partial charge in [-0.2, -0.15) is 5.10 Å². The molecule has 7 heteroatoms. The number of nitrogens with zero attached hydrogens (tertiary/aromatic N) is 2. The number of hydrogen-bond donors (Lipinski definition) is 1. The molecule has 0 bridgehead atoms. The summed E-state index contributed by atoms with van der Waals surface area (Å²) in [5, 5.41) is 13.4. The lowest BCUT2D eigenvalue weighted by molar-refractivity contribution is 0.101. The van der Waals surface area contributed by atoms with E-state index in [1.807, 2.05) is 42.5 Å². The summed E-state index contributed by atoms with van der Waals surface area (Å²) in [6.45, 7) is 0. The van der Waals surface area contributed by atoms with Gasteiger partial charge in [0.1, 0.15) is 5.58 Å². The number of fused-ring (bicyclic) bond motifs is 1. The molecular weight excluding hydrogens is 390 g/mol. The van der Waals surface area contributed by atoms with E-state index in [4.69, 9.17) is 9.83 Å². The Morgan fingerprint density at radius 1 is 1.17 bits per heavy atom. The van der Waals surface area contributed by atoms with Gasteiger partial charge in [-0.05, 0) is 36.4 Å². The summed E-state index contributed by atoms with van der Waals surface area (Å²) in [5.41, 5.74) is 1.38. The summed E-state index contributed by atoms with van der Waals surface area (Å²) in [5.74, 6) is -0.104. The lowest BCUT2D eigenvalue weighted by Gasteiger charge is -1.98. The third-order valence-corrected chi connectivity index (χ3v) is 4.79. The van der Waals surface area contributed by atoms with E-state index >= 15 is 0 Å². The quantitative estimate of drug-likeness (QED) is 0.525. The van der Waals surface area contributed by atoms with Crippen molar-refractivity contribution >= 4 is 44.0 Å². The fourth-order valence-corrected chi connectivity index (χ4v) is 3.47. The number of halogens is 1. The molecule has 0 atom stereocenters. The Morgan fingerprint density at radius 2 is 1.96 bits per heavy atom. The minimum Gasteiger partial charge on any atom is -0.452 e. The third-order valence-electron chi connectivity index (χ3n) is 3.47. The number of furan rings is 1. The van der Waals surface area contributed by atoms with Gasteiger partial charge in [-0.3, -0.25) is 10.2 Å². The molecule has 118 valence electrons. The number of rotatable bonds is 3. The molecule has 0 radical (unpaired) electrons. The first kappa shape index (κ1) is 15.0. The molecule has 0 fully saturated rings. The Labute approximate surface area is 148 Å².